The highest BCUT2D eigenvalue weighted by molar-refractivity contribution is 7.89. The van der Waals surface area contributed by atoms with Gasteiger partial charge in [0, 0.05) is 17.7 Å². The van der Waals surface area contributed by atoms with E-state index in [-0.39, 0.29) is 17.1 Å². The summed E-state index contributed by atoms with van der Waals surface area (Å²) >= 11 is 0. The molecule has 0 bridgehead atoms. The molecule has 1 unspecified atom stereocenters. The van der Waals surface area contributed by atoms with E-state index in [1.807, 2.05) is 6.92 Å². The topological polar surface area (TPSA) is 122 Å². The number of hydrogen-bond acceptors (Lipinski definition) is 5. The van der Waals surface area contributed by atoms with E-state index < -0.39 is 33.5 Å². The number of aliphatic carboxylic acids is 1. The van der Waals surface area contributed by atoms with E-state index in [9.17, 15) is 18.0 Å². The van der Waals surface area contributed by atoms with Crippen LogP contribution in [0.5, 0.6) is 5.75 Å². The zero-order chi connectivity index (χ0) is 22.2. The lowest BCUT2D eigenvalue weighted by atomic mass is 10.1. The monoisotopic (exact) mass is 426 g/mol. The predicted octanol–water partition coefficient (Wildman–Crippen LogP) is 2.54. The maximum atomic E-state index is 12.7. The minimum atomic E-state index is -3.84. The lowest BCUT2D eigenvalue weighted by Crippen LogP contribution is -2.40. The maximum Gasteiger partial charge on any atom is 0.305 e. The molecule has 1 aromatic carbocycles. The Kier molecular flexibility index (Phi) is 8.84. The molecule has 8 nitrogen and oxygen atoms in total. The molecule has 3 N–H and O–H groups in total. The largest absolute Gasteiger partial charge is 0.495 e. The molecule has 0 fully saturated rings. The van der Waals surface area contributed by atoms with Crippen LogP contribution in [0.3, 0.4) is 0 Å². The number of carboxylic acids is 1. The van der Waals surface area contributed by atoms with Crippen molar-refractivity contribution < 1.29 is 27.9 Å². The number of nitrogens with one attached hydrogen (secondary N) is 2. The van der Waals surface area contributed by atoms with Crippen molar-refractivity contribution in [2.75, 3.05) is 7.11 Å². The number of carbonyl (C=O) groups is 2. The third kappa shape index (κ3) is 8.66. The highest BCUT2D eigenvalue weighted by atomic mass is 32.2. The molecule has 1 amide bonds. The fourth-order valence-electron chi connectivity index (χ4n) is 2.67. The zero-order valence-corrected chi connectivity index (χ0v) is 18.3. The van der Waals surface area contributed by atoms with E-state index in [1.165, 1.54) is 31.4 Å². The zero-order valence-electron chi connectivity index (χ0n) is 17.5. The first-order valence-electron chi connectivity index (χ1n) is 9.30. The number of carboxylic acid groups (broad SMARTS) is 1. The van der Waals surface area contributed by atoms with Gasteiger partial charge in [0.1, 0.15) is 10.6 Å². The second kappa shape index (κ2) is 10.4. The maximum absolute atomic E-state index is 12.7. The first kappa shape index (κ1) is 24.6. The van der Waals surface area contributed by atoms with Crippen molar-refractivity contribution in [3.8, 4) is 5.75 Å². The second-order valence-corrected chi connectivity index (χ2v) is 9.34. The van der Waals surface area contributed by atoms with Crippen molar-refractivity contribution in [3.63, 3.8) is 0 Å². The number of amides is 1. The van der Waals surface area contributed by atoms with Crippen LogP contribution in [-0.4, -0.2) is 44.1 Å². The Bertz CT molecular complexity index is 856. The van der Waals surface area contributed by atoms with Crippen molar-refractivity contribution in [3.05, 3.63) is 29.8 Å². The molecule has 0 aliphatic rings. The van der Waals surface area contributed by atoms with Crippen LogP contribution >= 0.6 is 0 Å². The quantitative estimate of drug-likeness (QED) is 0.494. The van der Waals surface area contributed by atoms with Gasteiger partial charge in [0.2, 0.25) is 15.9 Å². The SMILES string of the molecule is CCCC(CC(=O)O)NC(=O)/C=C/c1ccc(OC)c(S(=O)(=O)NC(C)(C)C)c1. The van der Waals surface area contributed by atoms with E-state index in [0.29, 0.717) is 12.0 Å². The van der Waals surface area contributed by atoms with Gasteiger partial charge in [-0.1, -0.05) is 19.4 Å². The minimum Gasteiger partial charge on any atom is -0.495 e. The van der Waals surface area contributed by atoms with Crippen molar-refractivity contribution in [2.24, 2.45) is 0 Å². The molecule has 1 aromatic rings. The molecule has 29 heavy (non-hydrogen) atoms. The van der Waals surface area contributed by atoms with Gasteiger partial charge >= 0.3 is 5.97 Å². The predicted molar refractivity (Wildman–Crippen MR) is 111 cm³/mol. The molecule has 0 spiro atoms. The van der Waals surface area contributed by atoms with Crippen LogP contribution in [0, 0.1) is 0 Å². The van der Waals surface area contributed by atoms with Gasteiger partial charge in [-0.15, -0.1) is 0 Å². The summed E-state index contributed by atoms with van der Waals surface area (Å²) in [6.07, 6.45) is 3.85. The normalized spacial score (nSPS) is 13.3. The van der Waals surface area contributed by atoms with E-state index in [4.69, 9.17) is 9.84 Å². The van der Waals surface area contributed by atoms with Crippen LogP contribution in [0.15, 0.2) is 29.2 Å². The van der Waals surface area contributed by atoms with Gasteiger partial charge in [0.15, 0.2) is 0 Å². The Balaban J connectivity index is 3.05. The molecule has 0 aromatic heterocycles. The number of hydrogen-bond donors (Lipinski definition) is 3. The highest BCUT2D eigenvalue weighted by Gasteiger charge is 2.25. The van der Waals surface area contributed by atoms with E-state index in [1.54, 1.807) is 26.8 Å². The van der Waals surface area contributed by atoms with Crippen molar-refractivity contribution >= 4 is 28.0 Å². The lowest BCUT2D eigenvalue weighted by molar-refractivity contribution is -0.137. The summed E-state index contributed by atoms with van der Waals surface area (Å²) in [6.45, 7) is 7.10. The Morgan fingerprint density at radius 2 is 1.93 bits per heavy atom. The molecule has 0 aliphatic carbocycles. The van der Waals surface area contributed by atoms with Crippen molar-refractivity contribution in [1.29, 1.82) is 0 Å². The van der Waals surface area contributed by atoms with Crippen LogP contribution in [0.2, 0.25) is 0 Å². The summed E-state index contributed by atoms with van der Waals surface area (Å²) in [5.74, 6) is -1.24. The minimum absolute atomic E-state index is 0.0350. The number of methoxy groups -OCH3 is 1. The summed E-state index contributed by atoms with van der Waals surface area (Å²) in [6, 6.07) is 4.09. The molecule has 0 heterocycles. The molecular weight excluding hydrogens is 396 g/mol. The Hall–Kier alpha value is -2.39. The van der Waals surface area contributed by atoms with E-state index in [2.05, 4.69) is 10.0 Å². The Morgan fingerprint density at radius 1 is 1.28 bits per heavy atom. The van der Waals surface area contributed by atoms with Gasteiger partial charge in [0.05, 0.1) is 13.5 Å². The second-order valence-electron chi connectivity index (χ2n) is 7.69. The number of sulfonamides is 1. The number of benzene rings is 1. The Morgan fingerprint density at radius 3 is 2.45 bits per heavy atom. The summed E-state index contributed by atoms with van der Waals surface area (Å²) in [4.78, 5) is 23.0. The van der Waals surface area contributed by atoms with Gasteiger partial charge < -0.3 is 15.2 Å². The van der Waals surface area contributed by atoms with E-state index in [0.717, 1.165) is 6.42 Å². The molecule has 0 saturated carbocycles. The van der Waals surface area contributed by atoms with Gasteiger partial charge in [-0.3, -0.25) is 9.59 Å². The molecule has 0 saturated heterocycles. The van der Waals surface area contributed by atoms with Gasteiger partial charge in [-0.25, -0.2) is 13.1 Å². The fourth-order valence-corrected chi connectivity index (χ4v) is 4.29. The summed E-state index contributed by atoms with van der Waals surface area (Å²) in [7, 11) is -2.46. The van der Waals surface area contributed by atoms with Crippen LogP contribution in [0.1, 0.15) is 52.5 Å². The summed E-state index contributed by atoms with van der Waals surface area (Å²) in [5, 5.41) is 11.6. The molecule has 1 atom stereocenters. The van der Waals surface area contributed by atoms with Crippen LogP contribution < -0.4 is 14.8 Å². The average Bonchev–Trinajstić information content (AvgIpc) is 2.57. The standard InChI is InChI=1S/C20H30N2O6S/c1-6-7-15(13-19(24)25)21-18(23)11-9-14-8-10-16(28-5)17(12-14)29(26,27)22-20(2,3)4/h8-12,15,22H,6-7,13H2,1-5H3,(H,21,23)(H,24,25)/b11-9+. The van der Waals surface area contributed by atoms with Gasteiger partial charge in [0.25, 0.3) is 0 Å². The molecule has 162 valence electrons. The molecule has 0 radical (unpaired) electrons. The van der Waals surface area contributed by atoms with Crippen LogP contribution in [0.25, 0.3) is 6.08 Å². The third-order valence-corrected chi connectivity index (χ3v) is 5.53. The number of ether oxygens (including phenoxy) is 1. The fraction of sp³-hybridized carbons (Fsp3) is 0.500. The molecule has 1 rings (SSSR count). The van der Waals surface area contributed by atoms with Crippen LogP contribution in [0.4, 0.5) is 0 Å². The van der Waals surface area contributed by atoms with Gasteiger partial charge in [-0.2, -0.15) is 0 Å². The first-order chi connectivity index (χ1) is 13.4. The lowest BCUT2D eigenvalue weighted by Gasteiger charge is -2.21. The smallest absolute Gasteiger partial charge is 0.305 e. The van der Waals surface area contributed by atoms with Crippen LogP contribution in [-0.2, 0) is 19.6 Å². The summed E-state index contributed by atoms with van der Waals surface area (Å²) in [5.41, 5.74) is -0.186. The number of rotatable bonds is 10. The van der Waals surface area contributed by atoms with Gasteiger partial charge in [-0.05, 0) is 51.0 Å². The molecular formula is C20H30N2O6S. The highest BCUT2D eigenvalue weighted by Crippen LogP contribution is 2.26. The van der Waals surface area contributed by atoms with Crippen molar-refractivity contribution in [1.82, 2.24) is 10.0 Å². The summed E-state index contributed by atoms with van der Waals surface area (Å²) < 4.78 is 33.1. The van der Waals surface area contributed by atoms with E-state index >= 15 is 0 Å². The third-order valence-electron chi connectivity index (χ3n) is 3.75. The first-order valence-corrected chi connectivity index (χ1v) is 10.8. The van der Waals surface area contributed by atoms with Crippen molar-refractivity contribution in [2.45, 2.75) is 63.4 Å². The number of carbonyl (C=O) groups excluding carboxylic acids is 1. The molecule has 9 heteroatoms. The molecule has 0 aliphatic heterocycles. The Labute approximate surface area is 172 Å². The average molecular weight is 427 g/mol.